The highest BCUT2D eigenvalue weighted by Gasteiger charge is 2.02. The molecular weight excluding hydrogens is 197 g/mol. The van der Waals surface area contributed by atoms with Gasteiger partial charge in [-0.15, -0.1) is 24.1 Å². The van der Waals surface area contributed by atoms with Gasteiger partial charge in [0.05, 0.1) is 0 Å². The van der Waals surface area contributed by atoms with Crippen molar-refractivity contribution in [1.82, 2.24) is 0 Å². The SMILES string of the molecule is C#CCCCSc1ccc(N)cc1F. The molecule has 0 bridgehead atoms. The first kappa shape index (κ1) is 10.9. The number of nitrogens with two attached hydrogens (primary N) is 1. The summed E-state index contributed by atoms with van der Waals surface area (Å²) in [6.07, 6.45) is 6.76. The number of nitrogen functional groups attached to an aromatic ring is 1. The number of thioether (sulfide) groups is 1. The summed E-state index contributed by atoms with van der Waals surface area (Å²) in [4.78, 5) is 0.635. The summed E-state index contributed by atoms with van der Waals surface area (Å²) >= 11 is 1.47. The van der Waals surface area contributed by atoms with Crippen molar-refractivity contribution in [2.24, 2.45) is 0 Å². The number of terminal acetylenes is 1. The molecule has 0 atom stereocenters. The van der Waals surface area contributed by atoms with E-state index in [0.717, 1.165) is 18.6 Å². The van der Waals surface area contributed by atoms with Crippen LogP contribution in [0.15, 0.2) is 23.1 Å². The number of halogens is 1. The van der Waals surface area contributed by atoms with Crippen molar-refractivity contribution < 1.29 is 4.39 Å². The summed E-state index contributed by atoms with van der Waals surface area (Å²) in [5.41, 5.74) is 5.88. The molecule has 0 radical (unpaired) electrons. The fourth-order valence-electron chi connectivity index (χ4n) is 0.991. The van der Waals surface area contributed by atoms with Crippen molar-refractivity contribution in [1.29, 1.82) is 0 Å². The van der Waals surface area contributed by atoms with E-state index in [1.165, 1.54) is 17.8 Å². The van der Waals surface area contributed by atoms with Crippen molar-refractivity contribution in [2.75, 3.05) is 11.5 Å². The topological polar surface area (TPSA) is 26.0 Å². The highest BCUT2D eigenvalue weighted by molar-refractivity contribution is 7.99. The van der Waals surface area contributed by atoms with Crippen molar-refractivity contribution >= 4 is 17.4 Å². The van der Waals surface area contributed by atoms with Crippen molar-refractivity contribution in [3.8, 4) is 12.3 Å². The fourth-order valence-corrected chi connectivity index (χ4v) is 1.86. The summed E-state index contributed by atoms with van der Waals surface area (Å²) in [6.45, 7) is 0. The summed E-state index contributed by atoms with van der Waals surface area (Å²) < 4.78 is 13.2. The maximum absolute atomic E-state index is 13.2. The Balaban J connectivity index is 2.47. The lowest BCUT2D eigenvalue weighted by Gasteiger charge is -2.02. The Morgan fingerprint density at radius 1 is 1.50 bits per heavy atom. The molecule has 0 aliphatic heterocycles. The van der Waals surface area contributed by atoms with Gasteiger partial charge in [-0.3, -0.25) is 0 Å². The molecule has 14 heavy (non-hydrogen) atoms. The minimum atomic E-state index is -0.254. The van der Waals surface area contributed by atoms with Crippen LogP contribution in [0, 0.1) is 18.2 Å². The lowest BCUT2D eigenvalue weighted by atomic mass is 10.3. The van der Waals surface area contributed by atoms with Crippen LogP contribution in [0.5, 0.6) is 0 Å². The van der Waals surface area contributed by atoms with Crippen molar-refractivity contribution in [3.63, 3.8) is 0 Å². The van der Waals surface area contributed by atoms with E-state index in [4.69, 9.17) is 12.2 Å². The summed E-state index contributed by atoms with van der Waals surface area (Å²) in [5, 5.41) is 0. The third-order valence-corrected chi connectivity index (χ3v) is 2.81. The Hall–Kier alpha value is -1.14. The summed E-state index contributed by atoms with van der Waals surface area (Å²) in [7, 11) is 0. The molecule has 0 fully saturated rings. The number of hydrogen-bond donors (Lipinski definition) is 1. The van der Waals surface area contributed by atoms with Gasteiger partial charge >= 0.3 is 0 Å². The number of rotatable bonds is 4. The zero-order valence-corrected chi connectivity index (χ0v) is 8.61. The Morgan fingerprint density at radius 3 is 2.93 bits per heavy atom. The van der Waals surface area contributed by atoms with Crippen LogP contribution in [0.1, 0.15) is 12.8 Å². The number of hydrogen-bond acceptors (Lipinski definition) is 2. The molecule has 0 aromatic heterocycles. The molecule has 0 spiro atoms. The van der Waals surface area contributed by atoms with Gasteiger partial charge in [0.2, 0.25) is 0 Å². The van der Waals surface area contributed by atoms with E-state index in [1.54, 1.807) is 12.1 Å². The van der Waals surface area contributed by atoms with E-state index in [2.05, 4.69) is 5.92 Å². The Kier molecular flexibility index (Phi) is 4.34. The Morgan fingerprint density at radius 2 is 2.29 bits per heavy atom. The zero-order valence-electron chi connectivity index (χ0n) is 7.79. The summed E-state index contributed by atoms with van der Waals surface area (Å²) in [6, 6.07) is 4.74. The molecule has 0 amide bonds. The average molecular weight is 209 g/mol. The fraction of sp³-hybridized carbons (Fsp3) is 0.273. The molecule has 1 rings (SSSR count). The lowest BCUT2D eigenvalue weighted by Crippen LogP contribution is -1.88. The second kappa shape index (κ2) is 5.56. The Bertz CT molecular complexity index is 344. The molecule has 1 aromatic carbocycles. The van der Waals surface area contributed by atoms with Crippen LogP contribution in [-0.2, 0) is 0 Å². The van der Waals surface area contributed by atoms with Gasteiger partial charge in [-0.05, 0) is 30.4 Å². The molecule has 3 heteroatoms. The zero-order chi connectivity index (χ0) is 10.4. The third kappa shape index (κ3) is 3.31. The molecule has 0 aliphatic carbocycles. The maximum Gasteiger partial charge on any atom is 0.138 e. The first-order chi connectivity index (χ1) is 6.74. The van der Waals surface area contributed by atoms with Gasteiger partial charge in [-0.25, -0.2) is 4.39 Å². The van der Waals surface area contributed by atoms with Crippen molar-refractivity contribution in [3.05, 3.63) is 24.0 Å². The standard InChI is InChI=1S/C11H12FNS/c1-2-3-4-7-14-11-6-5-9(13)8-10(11)12/h1,5-6,8H,3-4,7,13H2. The quantitative estimate of drug-likeness (QED) is 0.357. The molecule has 0 heterocycles. The van der Waals surface area contributed by atoms with Crippen LogP contribution in [0.3, 0.4) is 0 Å². The van der Waals surface area contributed by atoms with E-state index >= 15 is 0 Å². The van der Waals surface area contributed by atoms with Gasteiger partial charge in [0.1, 0.15) is 5.82 Å². The van der Waals surface area contributed by atoms with Gasteiger partial charge < -0.3 is 5.73 Å². The highest BCUT2D eigenvalue weighted by Crippen LogP contribution is 2.24. The highest BCUT2D eigenvalue weighted by atomic mass is 32.2. The molecule has 1 nitrogen and oxygen atoms in total. The van der Waals surface area contributed by atoms with Gasteiger partial charge in [-0.1, -0.05) is 0 Å². The van der Waals surface area contributed by atoms with E-state index < -0.39 is 0 Å². The number of anilines is 1. The molecule has 0 unspecified atom stereocenters. The average Bonchev–Trinajstić information content (AvgIpc) is 2.15. The summed E-state index contributed by atoms with van der Waals surface area (Å²) in [5.74, 6) is 3.13. The molecule has 74 valence electrons. The Labute approximate surface area is 87.9 Å². The second-order valence-corrected chi connectivity index (χ2v) is 3.98. The molecular formula is C11H12FNS. The van der Waals surface area contributed by atoms with Crippen LogP contribution >= 0.6 is 11.8 Å². The maximum atomic E-state index is 13.2. The van der Waals surface area contributed by atoms with E-state index in [0.29, 0.717) is 10.6 Å². The van der Waals surface area contributed by atoms with Crippen LogP contribution in [0.25, 0.3) is 0 Å². The molecule has 0 aliphatic rings. The molecule has 1 aromatic rings. The number of unbranched alkanes of at least 4 members (excludes halogenated alkanes) is 1. The van der Waals surface area contributed by atoms with Crippen LogP contribution in [0.2, 0.25) is 0 Å². The second-order valence-electron chi connectivity index (χ2n) is 2.85. The number of benzene rings is 1. The van der Waals surface area contributed by atoms with E-state index in [-0.39, 0.29) is 5.82 Å². The first-order valence-electron chi connectivity index (χ1n) is 4.35. The largest absolute Gasteiger partial charge is 0.399 e. The molecule has 0 saturated heterocycles. The third-order valence-electron chi connectivity index (χ3n) is 1.68. The molecule has 0 saturated carbocycles. The minimum Gasteiger partial charge on any atom is -0.399 e. The van der Waals surface area contributed by atoms with Gasteiger partial charge in [0.25, 0.3) is 0 Å². The van der Waals surface area contributed by atoms with Gasteiger partial charge in [0, 0.05) is 17.0 Å². The van der Waals surface area contributed by atoms with Crippen LogP contribution < -0.4 is 5.73 Å². The normalized spacial score (nSPS) is 9.71. The van der Waals surface area contributed by atoms with Gasteiger partial charge in [-0.2, -0.15) is 0 Å². The smallest absolute Gasteiger partial charge is 0.138 e. The van der Waals surface area contributed by atoms with Crippen LogP contribution in [0.4, 0.5) is 10.1 Å². The molecule has 2 N–H and O–H groups in total. The van der Waals surface area contributed by atoms with Crippen molar-refractivity contribution in [2.45, 2.75) is 17.7 Å². The van der Waals surface area contributed by atoms with Gasteiger partial charge in [0.15, 0.2) is 0 Å². The minimum absolute atomic E-state index is 0.254. The first-order valence-corrected chi connectivity index (χ1v) is 5.34. The van der Waals surface area contributed by atoms with E-state index in [9.17, 15) is 4.39 Å². The van der Waals surface area contributed by atoms with E-state index in [1.807, 2.05) is 0 Å². The van der Waals surface area contributed by atoms with Crippen LogP contribution in [-0.4, -0.2) is 5.75 Å². The predicted octanol–water partition coefficient (Wildman–Crippen LogP) is 2.91. The lowest BCUT2D eigenvalue weighted by molar-refractivity contribution is 0.602. The predicted molar refractivity (Wildman–Crippen MR) is 59.6 cm³/mol. The monoisotopic (exact) mass is 209 g/mol.